The van der Waals surface area contributed by atoms with E-state index in [2.05, 4.69) is 16.8 Å². The molecular formula is C26H26F2N2O3S. The predicted molar refractivity (Wildman–Crippen MR) is 128 cm³/mol. The van der Waals surface area contributed by atoms with Crippen molar-refractivity contribution in [3.63, 3.8) is 0 Å². The van der Waals surface area contributed by atoms with Gasteiger partial charge in [0.2, 0.25) is 0 Å². The zero-order valence-corrected chi connectivity index (χ0v) is 19.7. The smallest absolute Gasteiger partial charge is 0.308 e. The zero-order chi connectivity index (χ0) is 24.1. The fourth-order valence-electron chi connectivity index (χ4n) is 4.54. The molecule has 4 rings (SSSR count). The highest BCUT2D eigenvalue weighted by Gasteiger charge is 2.34. The van der Waals surface area contributed by atoms with Crippen molar-refractivity contribution in [2.75, 3.05) is 26.7 Å². The van der Waals surface area contributed by atoms with Gasteiger partial charge in [0.25, 0.3) is 0 Å². The summed E-state index contributed by atoms with van der Waals surface area (Å²) < 4.78 is 35.1. The molecule has 1 aromatic carbocycles. The number of methoxy groups -OCH3 is 1. The molecule has 3 unspecified atom stereocenters. The molecule has 1 fully saturated rings. The van der Waals surface area contributed by atoms with Gasteiger partial charge >= 0.3 is 5.97 Å². The summed E-state index contributed by atoms with van der Waals surface area (Å²) in [4.78, 5) is 19.0. The third-order valence-electron chi connectivity index (χ3n) is 6.36. The van der Waals surface area contributed by atoms with Crippen LogP contribution in [0.3, 0.4) is 0 Å². The summed E-state index contributed by atoms with van der Waals surface area (Å²) in [6, 6.07) is 8.84. The first kappa shape index (κ1) is 24.1. The van der Waals surface area contributed by atoms with Gasteiger partial charge < -0.3 is 9.84 Å². The summed E-state index contributed by atoms with van der Waals surface area (Å²) >= 11 is 1.57. The van der Waals surface area contributed by atoms with Gasteiger partial charge in [0.1, 0.15) is 17.7 Å². The number of ether oxygens (including phenoxy) is 1. The lowest BCUT2D eigenvalue weighted by Gasteiger charge is -2.35. The van der Waals surface area contributed by atoms with Gasteiger partial charge in [0, 0.05) is 17.5 Å². The van der Waals surface area contributed by atoms with Crippen LogP contribution in [0.5, 0.6) is 5.75 Å². The number of hydrogen-bond acceptors (Lipinski definition) is 5. The molecule has 0 amide bonds. The van der Waals surface area contributed by atoms with Crippen LogP contribution in [0.2, 0.25) is 0 Å². The van der Waals surface area contributed by atoms with Gasteiger partial charge in [-0.05, 0) is 61.4 Å². The average molecular weight is 485 g/mol. The van der Waals surface area contributed by atoms with E-state index in [1.54, 1.807) is 29.5 Å². The molecule has 3 heterocycles. The molecule has 2 aromatic heterocycles. The molecule has 1 aliphatic rings. The second kappa shape index (κ2) is 10.9. The minimum Gasteiger partial charge on any atom is -0.497 e. The van der Waals surface area contributed by atoms with Crippen LogP contribution in [0.1, 0.15) is 35.9 Å². The van der Waals surface area contributed by atoms with Crippen molar-refractivity contribution in [3.05, 3.63) is 58.2 Å². The number of nitrogens with zero attached hydrogens (tertiary/aromatic N) is 2. The van der Waals surface area contributed by atoms with Crippen molar-refractivity contribution in [3.8, 4) is 17.6 Å². The lowest BCUT2D eigenvalue weighted by molar-refractivity contribution is -0.146. The van der Waals surface area contributed by atoms with Crippen molar-refractivity contribution in [2.45, 2.75) is 25.4 Å². The number of aliphatic carboxylic acids is 1. The number of piperidine rings is 1. The molecule has 5 nitrogen and oxygen atoms in total. The van der Waals surface area contributed by atoms with E-state index in [1.807, 2.05) is 22.4 Å². The first-order valence-electron chi connectivity index (χ1n) is 11.2. The van der Waals surface area contributed by atoms with E-state index in [0.717, 1.165) is 11.1 Å². The van der Waals surface area contributed by atoms with E-state index in [1.165, 1.54) is 7.11 Å². The summed E-state index contributed by atoms with van der Waals surface area (Å²) in [7, 11) is 1.49. The Labute approximate surface area is 201 Å². The number of carbonyl (C=O) groups is 1. The Morgan fingerprint density at radius 2 is 2.26 bits per heavy atom. The highest BCUT2D eigenvalue weighted by atomic mass is 32.1. The lowest BCUT2D eigenvalue weighted by Crippen LogP contribution is -2.44. The number of carboxylic acids is 1. The van der Waals surface area contributed by atoms with Crippen LogP contribution in [0, 0.1) is 29.5 Å². The van der Waals surface area contributed by atoms with Crippen LogP contribution in [0.15, 0.2) is 41.9 Å². The monoisotopic (exact) mass is 484 g/mol. The number of carboxylic acid groups (broad SMARTS) is 1. The quantitative estimate of drug-likeness (QED) is 0.461. The Hall–Kier alpha value is -3.02. The first-order chi connectivity index (χ1) is 16.5. The summed E-state index contributed by atoms with van der Waals surface area (Å²) in [6.45, 7) is 1.57. The van der Waals surface area contributed by atoms with E-state index in [9.17, 15) is 14.3 Å². The largest absolute Gasteiger partial charge is 0.497 e. The first-order valence-corrected chi connectivity index (χ1v) is 12.1. The van der Waals surface area contributed by atoms with Gasteiger partial charge in [0.15, 0.2) is 0 Å². The lowest BCUT2D eigenvalue weighted by atomic mass is 9.81. The molecule has 3 atom stereocenters. The topological polar surface area (TPSA) is 62.7 Å². The Morgan fingerprint density at radius 3 is 3.00 bits per heavy atom. The molecular weight excluding hydrogens is 458 g/mol. The van der Waals surface area contributed by atoms with Gasteiger partial charge in [-0.3, -0.25) is 14.7 Å². The molecule has 0 aliphatic carbocycles. The number of hydrogen-bond donors (Lipinski definition) is 1. The maximum absolute atomic E-state index is 15.3. The van der Waals surface area contributed by atoms with Crippen LogP contribution in [-0.2, 0) is 4.79 Å². The second-order valence-corrected chi connectivity index (χ2v) is 9.40. The highest BCUT2D eigenvalue weighted by Crippen LogP contribution is 2.36. The Bertz CT molecular complexity index is 1210. The zero-order valence-electron chi connectivity index (χ0n) is 18.8. The van der Waals surface area contributed by atoms with E-state index >= 15 is 4.39 Å². The molecule has 1 N–H and O–H groups in total. The van der Waals surface area contributed by atoms with Gasteiger partial charge in [-0.25, -0.2) is 8.78 Å². The number of benzene rings is 1. The number of thiophene rings is 1. The molecule has 1 saturated heterocycles. The summed E-state index contributed by atoms with van der Waals surface area (Å²) in [5.41, 5.74) is 0.442. The number of pyridine rings is 1. The molecule has 0 radical (unpaired) electrons. The van der Waals surface area contributed by atoms with Crippen LogP contribution in [0.4, 0.5) is 8.78 Å². The molecule has 178 valence electrons. The average Bonchev–Trinajstić information content (AvgIpc) is 3.36. The maximum Gasteiger partial charge on any atom is 0.308 e. The number of fused-ring (bicyclic) bond motifs is 1. The molecule has 1 aliphatic heterocycles. The van der Waals surface area contributed by atoms with Crippen LogP contribution >= 0.6 is 11.3 Å². The number of halogens is 2. The van der Waals surface area contributed by atoms with Gasteiger partial charge in [-0.15, -0.1) is 11.3 Å². The number of rotatable bonds is 7. The summed E-state index contributed by atoms with van der Waals surface area (Å²) in [6.07, 6.45) is 0.506. The molecule has 3 aromatic rings. The number of alkyl halides is 1. The fraction of sp³-hybridized carbons (Fsp3) is 0.385. The van der Waals surface area contributed by atoms with Crippen molar-refractivity contribution in [1.82, 2.24) is 9.88 Å². The standard InChI is InChI=1S/C26H26F2N2O3S/c1-33-18-7-9-24-20(14-18)25(23(28)15-29-24)22(27)8-6-17-10-12-30(16-21(17)26(31)32)11-2-4-19-5-3-13-34-19/h3,5,7,9,13-15,17,21-22H,6,8,10-12,16H2,1H3,(H,31,32). The predicted octanol–water partition coefficient (Wildman–Crippen LogP) is 5.31. The summed E-state index contributed by atoms with van der Waals surface area (Å²) in [5, 5.41) is 12.1. The van der Waals surface area contributed by atoms with Crippen molar-refractivity contribution in [2.24, 2.45) is 11.8 Å². The van der Waals surface area contributed by atoms with Gasteiger partial charge in [0.05, 0.1) is 36.2 Å². The van der Waals surface area contributed by atoms with Crippen LogP contribution < -0.4 is 4.74 Å². The minimum absolute atomic E-state index is 0.0415. The highest BCUT2D eigenvalue weighted by molar-refractivity contribution is 7.10. The van der Waals surface area contributed by atoms with E-state index in [4.69, 9.17) is 4.74 Å². The third-order valence-corrected chi connectivity index (χ3v) is 7.15. The van der Waals surface area contributed by atoms with Crippen molar-refractivity contribution < 1.29 is 23.4 Å². The number of likely N-dealkylation sites (tertiary alicyclic amines) is 1. The summed E-state index contributed by atoms with van der Waals surface area (Å²) in [5.74, 6) is 4.32. The maximum atomic E-state index is 15.3. The second-order valence-electron chi connectivity index (χ2n) is 8.46. The fourth-order valence-corrected chi connectivity index (χ4v) is 5.13. The van der Waals surface area contributed by atoms with Crippen molar-refractivity contribution in [1.29, 1.82) is 0 Å². The molecule has 0 bridgehead atoms. The van der Waals surface area contributed by atoms with E-state index < -0.39 is 23.9 Å². The van der Waals surface area contributed by atoms with Gasteiger partial charge in [-0.2, -0.15) is 0 Å². The van der Waals surface area contributed by atoms with E-state index in [0.29, 0.717) is 49.1 Å². The Kier molecular flexibility index (Phi) is 7.76. The molecule has 0 saturated carbocycles. The SMILES string of the molecule is COc1ccc2ncc(F)c(C(F)CCC3CCN(CC#Cc4cccs4)CC3C(=O)O)c2c1. The number of aromatic nitrogens is 1. The third kappa shape index (κ3) is 5.54. The molecule has 0 spiro atoms. The van der Waals surface area contributed by atoms with E-state index in [-0.39, 0.29) is 17.9 Å². The van der Waals surface area contributed by atoms with Crippen LogP contribution in [0.25, 0.3) is 10.9 Å². The Balaban J connectivity index is 1.42. The van der Waals surface area contributed by atoms with Crippen LogP contribution in [-0.4, -0.2) is 47.7 Å². The van der Waals surface area contributed by atoms with Gasteiger partial charge in [-0.1, -0.05) is 17.9 Å². The Morgan fingerprint density at radius 1 is 1.41 bits per heavy atom. The molecule has 34 heavy (non-hydrogen) atoms. The minimum atomic E-state index is -1.57. The normalized spacial score (nSPS) is 19.4. The van der Waals surface area contributed by atoms with Crippen molar-refractivity contribution >= 4 is 28.2 Å². The molecule has 8 heteroatoms.